The molecule has 0 saturated heterocycles. The number of aliphatic hydroxyl groups excluding tert-OH is 1. The van der Waals surface area contributed by atoms with Crippen LogP contribution >= 0.6 is 0 Å². The molecular weight excluding hydrogens is 452 g/mol. The molecule has 6 unspecified atom stereocenters. The quantitative estimate of drug-likeness (QED) is 0.141. The standard InChI is InChI=1S/C20H32N6O8/c1-4-9(2)15(25-17(30)12(21)6-14(28)29)18(31)26-16(10(3)27)19(32)24-13(20(33)34)5-11-7-22-8-23-11/h7-10,12-13,15-16,27H,4-6,21H2,1-3H3,(H,22,23)(H,24,32)(H,25,30)(H,26,31)(H,28,29)(H,33,34). The lowest BCUT2D eigenvalue weighted by Gasteiger charge is -2.28. The zero-order valence-corrected chi connectivity index (χ0v) is 19.1. The topological polar surface area (TPSA) is 237 Å². The SMILES string of the molecule is CCC(C)C(NC(=O)C(N)CC(=O)O)C(=O)NC(C(=O)NC(Cc1cnc[nH]1)C(=O)O)C(C)O. The van der Waals surface area contributed by atoms with E-state index >= 15 is 0 Å². The van der Waals surface area contributed by atoms with Gasteiger partial charge >= 0.3 is 11.9 Å². The average Bonchev–Trinajstić information content (AvgIpc) is 3.26. The monoisotopic (exact) mass is 484 g/mol. The number of aliphatic hydroxyl groups is 1. The lowest BCUT2D eigenvalue weighted by Crippen LogP contribution is -2.61. The summed E-state index contributed by atoms with van der Waals surface area (Å²) in [5, 5.41) is 35.3. The van der Waals surface area contributed by atoms with Crippen molar-refractivity contribution in [1.82, 2.24) is 25.9 Å². The van der Waals surface area contributed by atoms with Gasteiger partial charge in [0.2, 0.25) is 17.7 Å². The lowest BCUT2D eigenvalue weighted by atomic mass is 9.97. The highest BCUT2D eigenvalue weighted by atomic mass is 16.4. The summed E-state index contributed by atoms with van der Waals surface area (Å²) in [6, 6.07) is -5.49. The molecule has 0 saturated carbocycles. The van der Waals surface area contributed by atoms with E-state index in [1.54, 1.807) is 13.8 Å². The molecule has 1 aromatic heterocycles. The highest BCUT2D eigenvalue weighted by Gasteiger charge is 2.34. The number of carbonyl (C=O) groups is 5. The van der Waals surface area contributed by atoms with Gasteiger partial charge in [0, 0.05) is 18.3 Å². The maximum absolute atomic E-state index is 12.9. The minimum atomic E-state index is -1.53. The summed E-state index contributed by atoms with van der Waals surface area (Å²) < 4.78 is 0. The minimum absolute atomic E-state index is 0.117. The van der Waals surface area contributed by atoms with Crippen LogP contribution in [0.4, 0.5) is 0 Å². The van der Waals surface area contributed by atoms with Gasteiger partial charge in [0.25, 0.3) is 0 Å². The molecular formula is C20H32N6O8. The maximum atomic E-state index is 12.9. The number of hydrogen-bond acceptors (Lipinski definition) is 8. The fourth-order valence-corrected chi connectivity index (χ4v) is 2.97. The normalized spacial score (nSPS) is 16.3. The third-order valence-electron chi connectivity index (χ3n) is 5.18. The van der Waals surface area contributed by atoms with Crippen molar-refractivity contribution in [3.63, 3.8) is 0 Å². The summed E-state index contributed by atoms with van der Waals surface area (Å²) in [6.07, 6.45) is 1.00. The number of rotatable bonds is 14. The Morgan fingerprint density at radius 2 is 1.62 bits per heavy atom. The van der Waals surface area contributed by atoms with E-state index in [-0.39, 0.29) is 6.42 Å². The molecule has 0 aromatic carbocycles. The average molecular weight is 485 g/mol. The molecule has 0 bridgehead atoms. The molecule has 0 radical (unpaired) electrons. The molecule has 3 amide bonds. The van der Waals surface area contributed by atoms with E-state index in [2.05, 4.69) is 25.9 Å². The Bertz CT molecular complexity index is 859. The Morgan fingerprint density at radius 3 is 2.09 bits per heavy atom. The molecule has 14 heteroatoms. The van der Waals surface area contributed by atoms with Gasteiger partial charge in [0.15, 0.2) is 0 Å². The van der Waals surface area contributed by atoms with Gasteiger partial charge in [-0.15, -0.1) is 0 Å². The van der Waals surface area contributed by atoms with Crippen LogP contribution in [0.2, 0.25) is 0 Å². The second-order valence-electron chi connectivity index (χ2n) is 7.98. The fourth-order valence-electron chi connectivity index (χ4n) is 2.97. The molecule has 0 aliphatic rings. The summed E-state index contributed by atoms with van der Waals surface area (Å²) in [5.41, 5.74) is 6.00. The summed E-state index contributed by atoms with van der Waals surface area (Å²) in [4.78, 5) is 66.8. The highest BCUT2D eigenvalue weighted by molar-refractivity contribution is 5.95. The zero-order chi connectivity index (χ0) is 26.0. The van der Waals surface area contributed by atoms with Gasteiger partial charge in [0.1, 0.15) is 18.1 Å². The van der Waals surface area contributed by atoms with Crippen molar-refractivity contribution in [2.45, 2.75) is 70.3 Å². The first kappa shape index (κ1) is 28.5. The van der Waals surface area contributed by atoms with Crippen molar-refractivity contribution in [2.24, 2.45) is 11.7 Å². The van der Waals surface area contributed by atoms with Crippen molar-refractivity contribution in [3.05, 3.63) is 18.2 Å². The van der Waals surface area contributed by atoms with Crippen LogP contribution in [0, 0.1) is 5.92 Å². The van der Waals surface area contributed by atoms with E-state index in [4.69, 9.17) is 10.8 Å². The van der Waals surface area contributed by atoms with E-state index in [0.717, 1.165) is 0 Å². The predicted molar refractivity (Wildman–Crippen MR) is 117 cm³/mol. The van der Waals surface area contributed by atoms with Crippen LogP contribution in [0.25, 0.3) is 0 Å². The molecule has 14 nitrogen and oxygen atoms in total. The number of hydrogen-bond donors (Lipinski definition) is 8. The zero-order valence-electron chi connectivity index (χ0n) is 19.1. The highest BCUT2D eigenvalue weighted by Crippen LogP contribution is 2.10. The van der Waals surface area contributed by atoms with E-state index in [9.17, 15) is 34.2 Å². The van der Waals surface area contributed by atoms with Crippen molar-refractivity contribution >= 4 is 29.7 Å². The van der Waals surface area contributed by atoms with Crippen LogP contribution in [0.1, 0.15) is 39.3 Å². The van der Waals surface area contributed by atoms with Gasteiger partial charge in [-0.1, -0.05) is 20.3 Å². The number of aromatic nitrogens is 2. The van der Waals surface area contributed by atoms with E-state index in [1.165, 1.54) is 19.4 Å². The molecule has 9 N–H and O–H groups in total. The minimum Gasteiger partial charge on any atom is -0.481 e. The van der Waals surface area contributed by atoms with Crippen LogP contribution < -0.4 is 21.7 Å². The molecule has 1 aromatic rings. The lowest BCUT2D eigenvalue weighted by molar-refractivity contribution is -0.143. The second kappa shape index (κ2) is 13.3. The molecule has 0 aliphatic carbocycles. The van der Waals surface area contributed by atoms with E-state index in [1.807, 2.05) is 0 Å². The maximum Gasteiger partial charge on any atom is 0.326 e. The van der Waals surface area contributed by atoms with Gasteiger partial charge in [-0.05, 0) is 12.8 Å². The summed E-state index contributed by atoms with van der Waals surface area (Å²) in [6.45, 7) is 4.63. The number of H-pyrrole nitrogens is 1. The molecule has 34 heavy (non-hydrogen) atoms. The Kier molecular flexibility index (Phi) is 11.1. The first-order valence-electron chi connectivity index (χ1n) is 10.6. The van der Waals surface area contributed by atoms with Gasteiger partial charge in [0.05, 0.1) is 24.9 Å². The molecule has 0 fully saturated rings. The number of imidazole rings is 1. The number of aromatic amines is 1. The van der Waals surface area contributed by atoms with Crippen LogP contribution in [-0.2, 0) is 30.4 Å². The van der Waals surface area contributed by atoms with E-state index < -0.39 is 72.3 Å². The van der Waals surface area contributed by atoms with Gasteiger partial charge in [-0.3, -0.25) is 19.2 Å². The third kappa shape index (κ3) is 8.78. The number of amides is 3. The number of nitrogens with two attached hydrogens (primary N) is 1. The van der Waals surface area contributed by atoms with Crippen LogP contribution in [-0.4, -0.2) is 85.2 Å². The Balaban J connectivity index is 2.96. The fraction of sp³-hybridized carbons (Fsp3) is 0.600. The summed E-state index contributed by atoms with van der Waals surface area (Å²) in [5.74, 6) is -5.71. The van der Waals surface area contributed by atoms with Gasteiger partial charge in [-0.25, -0.2) is 9.78 Å². The second-order valence-corrected chi connectivity index (χ2v) is 7.98. The van der Waals surface area contributed by atoms with Crippen molar-refractivity contribution in [2.75, 3.05) is 0 Å². The first-order valence-corrected chi connectivity index (χ1v) is 10.6. The summed E-state index contributed by atoms with van der Waals surface area (Å²) >= 11 is 0. The molecule has 6 atom stereocenters. The number of nitrogens with zero attached hydrogens (tertiary/aromatic N) is 1. The van der Waals surface area contributed by atoms with E-state index in [0.29, 0.717) is 12.1 Å². The number of aliphatic carboxylic acids is 2. The van der Waals surface area contributed by atoms with Crippen molar-refractivity contribution < 1.29 is 39.3 Å². The van der Waals surface area contributed by atoms with Gasteiger partial charge in [-0.2, -0.15) is 0 Å². The van der Waals surface area contributed by atoms with Gasteiger partial charge < -0.3 is 42.0 Å². The van der Waals surface area contributed by atoms with Crippen LogP contribution in [0.15, 0.2) is 12.5 Å². The first-order chi connectivity index (χ1) is 15.9. The Morgan fingerprint density at radius 1 is 1.03 bits per heavy atom. The molecule has 1 heterocycles. The van der Waals surface area contributed by atoms with Crippen molar-refractivity contribution in [3.8, 4) is 0 Å². The third-order valence-corrected chi connectivity index (χ3v) is 5.18. The van der Waals surface area contributed by atoms with Crippen LogP contribution in [0.3, 0.4) is 0 Å². The number of carboxylic acids is 2. The number of nitrogens with one attached hydrogen (secondary N) is 4. The molecule has 0 aliphatic heterocycles. The van der Waals surface area contributed by atoms with Crippen LogP contribution in [0.5, 0.6) is 0 Å². The smallest absolute Gasteiger partial charge is 0.326 e. The molecule has 1 rings (SSSR count). The predicted octanol–water partition coefficient (Wildman–Crippen LogP) is -2.28. The summed E-state index contributed by atoms with van der Waals surface area (Å²) in [7, 11) is 0. The largest absolute Gasteiger partial charge is 0.481 e. The number of carbonyl (C=O) groups excluding carboxylic acids is 3. The van der Waals surface area contributed by atoms with Crippen molar-refractivity contribution in [1.29, 1.82) is 0 Å². The number of carboxylic acid groups (broad SMARTS) is 2. The Labute approximate surface area is 195 Å². The molecule has 0 spiro atoms. The Hall–Kier alpha value is -3.52. The molecule has 190 valence electrons.